The first-order valence-electron chi connectivity index (χ1n) is 11.7. The number of benzene rings is 2. The molecule has 3 heterocycles. The highest BCUT2D eigenvalue weighted by Gasteiger charge is 2.31. The Labute approximate surface area is 197 Å². The quantitative estimate of drug-likeness (QED) is 0.427. The lowest BCUT2D eigenvalue weighted by molar-refractivity contribution is 0.0513. The number of aromatic amines is 1. The molecule has 8 heteroatoms. The molecular formula is C26H27N5O3. The average molecular weight is 458 g/mol. The van der Waals surface area contributed by atoms with Crippen LogP contribution in [-0.4, -0.2) is 49.7 Å². The lowest BCUT2D eigenvalue weighted by Crippen LogP contribution is -2.36. The monoisotopic (exact) mass is 457 g/mol. The molecule has 0 atom stereocenters. The molecule has 1 N–H and O–H groups in total. The number of nitrogens with zero attached hydrogens (tertiary/aromatic N) is 4. The summed E-state index contributed by atoms with van der Waals surface area (Å²) in [5.41, 5.74) is 5.64. The number of esters is 1. The first kappa shape index (κ1) is 21.9. The molecule has 0 aliphatic carbocycles. The molecule has 0 saturated carbocycles. The number of ether oxygens (including phenoxy) is 1. The summed E-state index contributed by atoms with van der Waals surface area (Å²) in [5, 5.41) is 4.63. The van der Waals surface area contributed by atoms with Crippen LogP contribution < -0.4 is 0 Å². The van der Waals surface area contributed by atoms with Gasteiger partial charge in [-0.25, -0.2) is 9.78 Å². The smallest absolute Gasteiger partial charge is 0.359 e. The van der Waals surface area contributed by atoms with E-state index in [1.165, 1.54) is 5.56 Å². The van der Waals surface area contributed by atoms with Crippen LogP contribution in [0, 0.1) is 0 Å². The van der Waals surface area contributed by atoms with Crippen LogP contribution in [0.3, 0.4) is 0 Å². The molecule has 0 saturated heterocycles. The van der Waals surface area contributed by atoms with Crippen LogP contribution in [0.5, 0.6) is 0 Å². The second-order valence-corrected chi connectivity index (χ2v) is 8.42. The summed E-state index contributed by atoms with van der Waals surface area (Å²) < 4.78 is 7.21. The highest BCUT2D eigenvalue weighted by molar-refractivity contribution is 5.97. The minimum Gasteiger partial charge on any atom is -0.461 e. The molecule has 2 aromatic heterocycles. The maximum Gasteiger partial charge on any atom is 0.359 e. The van der Waals surface area contributed by atoms with Crippen LogP contribution in [0.1, 0.15) is 51.0 Å². The molecular weight excluding hydrogens is 430 g/mol. The Bertz CT molecular complexity index is 1320. The normalized spacial score (nSPS) is 13.1. The van der Waals surface area contributed by atoms with Crippen molar-refractivity contribution in [2.75, 3.05) is 13.2 Å². The van der Waals surface area contributed by atoms with Crippen LogP contribution in [0.15, 0.2) is 54.9 Å². The molecule has 0 unspecified atom stereocenters. The van der Waals surface area contributed by atoms with Gasteiger partial charge < -0.3 is 14.6 Å². The fraction of sp³-hybridized carbons (Fsp3) is 0.308. The van der Waals surface area contributed by atoms with Crippen LogP contribution in [0.2, 0.25) is 0 Å². The van der Waals surface area contributed by atoms with Crippen molar-refractivity contribution < 1.29 is 14.3 Å². The van der Waals surface area contributed by atoms with Gasteiger partial charge in [-0.05, 0) is 43.5 Å². The number of carbonyl (C=O) groups is 2. The van der Waals surface area contributed by atoms with Gasteiger partial charge in [0.25, 0.3) is 5.91 Å². The van der Waals surface area contributed by atoms with Gasteiger partial charge in [-0.3, -0.25) is 9.48 Å². The zero-order valence-electron chi connectivity index (χ0n) is 19.2. The fourth-order valence-electron chi connectivity index (χ4n) is 4.54. The number of amides is 1. The number of imidazole rings is 1. The number of hydrogen-bond acceptors (Lipinski definition) is 5. The van der Waals surface area contributed by atoms with Gasteiger partial charge in [0.15, 0.2) is 5.69 Å². The minimum atomic E-state index is -0.436. The average Bonchev–Trinajstić information content (AvgIpc) is 3.48. The minimum absolute atomic E-state index is 0.0752. The van der Waals surface area contributed by atoms with E-state index in [1.807, 2.05) is 35.0 Å². The molecule has 174 valence electrons. The van der Waals surface area contributed by atoms with Gasteiger partial charge in [0.1, 0.15) is 0 Å². The SMILES string of the molecule is CCOC(=O)c1nn(CCCc2ccccc2)c2c1CN(C(=O)c1ccc3nc[nH]c3c1)CC2. The summed E-state index contributed by atoms with van der Waals surface area (Å²) in [5.74, 6) is -0.512. The number of hydrogen-bond donors (Lipinski definition) is 1. The molecule has 1 aliphatic heterocycles. The van der Waals surface area contributed by atoms with E-state index in [9.17, 15) is 9.59 Å². The third kappa shape index (κ3) is 4.31. The lowest BCUT2D eigenvalue weighted by atomic mass is 10.0. The van der Waals surface area contributed by atoms with Gasteiger partial charge in [-0.1, -0.05) is 30.3 Å². The van der Waals surface area contributed by atoms with Crippen molar-refractivity contribution in [3.8, 4) is 0 Å². The second-order valence-electron chi connectivity index (χ2n) is 8.42. The molecule has 5 rings (SSSR count). The number of aryl methyl sites for hydroxylation is 2. The zero-order valence-corrected chi connectivity index (χ0v) is 19.2. The van der Waals surface area contributed by atoms with E-state index in [1.54, 1.807) is 24.2 Å². The molecule has 0 spiro atoms. The van der Waals surface area contributed by atoms with Gasteiger partial charge >= 0.3 is 5.97 Å². The highest BCUT2D eigenvalue weighted by atomic mass is 16.5. The van der Waals surface area contributed by atoms with Crippen molar-refractivity contribution in [3.05, 3.63) is 82.9 Å². The third-order valence-corrected chi connectivity index (χ3v) is 6.24. The molecule has 8 nitrogen and oxygen atoms in total. The lowest BCUT2D eigenvalue weighted by Gasteiger charge is -2.28. The fourth-order valence-corrected chi connectivity index (χ4v) is 4.54. The molecule has 4 aromatic rings. The number of aromatic nitrogens is 4. The Kier molecular flexibility index (Phi) is 6.12. The summed E-state index contributed by atoms with van der Waals surface area (Å²) in [6.07, 6.45) is 4.10. The summed E-state index contributed by atoms with van der Waals surface area (Å²) in [4.78, 5) is 35.0. The summed E-state index contributed by atoms with van der Waals surface area (Å²) in [6, 6.07) is 15.8. The van der Waals surface area contributed by atoms with Gasteiger partial charge in [-0.15, -0.1) is 0 Å². The summed E-state index contributed by atoms with van der Waals surface area (Å²) >= 11 is 0. The first-order valence-corrected chi connectivity index (χ1v) is 11.7. The van der Waals surface area contributed by atoms with Gasteiger partial charge in [0.2, 0.25) is 0 Å². The van der Waals surface area contributed by atoms with E-state index in [0.29, 0.717) is 37.3 Å². The van der Waals surface area contributed by atoms with E-state index >= 15 is 0 Å². The molecule has 0 bridgehead atoms. The summed E-state index contributed by atoms with van der Waals surface area (Å²) in [6.45, 7) is 3.67. The van der Waals surface area contributed by atoms with Crippen molar-refractivity contribution in [1.29, 1.82) is 0 Å². The van der Waals surface area contributed by atoms with E-state index in [0.717, 1.165) is 35.1 Å². The van der Waals surface area contributed by atoms with Crippen molar-refractivity contribution in [1.82, 2.24) is 24.6 Å². The Morgan fingerprint density at radius 2 is 2.00 bits per heavy atom. The predicted molar refractivity (Wildman–Crippen MR) is 127 cm³/mol. The van der Waals surface area contributed by atoms with Gasteiger partial charge in [-0.2, -0.15) is 5.10 Å². The standard InChI is InChI=1S/C26H27N5O3/c1-2-34-26(33)24-20-16-30(25(32)19-10-11-21-22(15-19)28-17-27-21)14-12-23(20)31(29-24)13-6-9-18-7-4-3-5-8-18/h3-5,7-8,10-11,15,17H,2,6,9,12-14,16H2,1H3,(H,27,28). The van der Waals surface area contributed by atoms with E-state index in [2.05, 4.69) is 27.2 Å². The maximum atomic E-state index is 13.3. The zero-order chi connectivity index (χ0) is 23.5. The van der Waals surface area contributed by atoms with Gasteiger partial charge in [0.05, 0.1) is 30.5 Å². The largest absolute Gasteiger partial charge is 0.461 e. The molecule has 0 fully saturated rings. The van der Waals surface area contributed by atoms with Crippen LogP contribution in [0.4, 0.5) is 0 Å². The van der Waals surface area contributed by atoms with Crippen molar-refractivity contribution >= 4 is 22.9 Å². The number of fused-ring (bicyclic) bond motifs is 2. The topological polar surface area (TPSA) is 93.1 Å². The number of rotatable bonds is 7. The highest BCUT2D eigenvalue weighted by Crippen LogP contribution is 2.26. The first-order chi connectivity index (χ1) is 16.6. The van der Waals surface area contributed by atoms with Crippen molar-refractivity contribution in [2.24, 2.45) is 0 Å². The van der Waals surface area contributed by atoms with E-state index < -0.39 is 5.97 Å². The number of carbonyl (C=O) groups excluding carboxylic acids is 2. The second kappa shape index (κ2) is 9.51. The van der Waals surface area contributed by atoms with Crippen LogP contribution in [-0.2, 0) is 30.7 Å². The van der Waals surface area contributed by atoms with Crippen LogP contribution in [0.25, 0.3) is 11.0 Å². The van der Waals surface area contributed by atoms with Crippen molar-refractivity contribution in [3.63, 3.8) is 0 Å². The molecule has 34 heavy (non-hydrogen) atoms. The molecule has 1 amide bonds. The third-order valence-electron chi connectivity index (χ3n) is 6.24. The molecule has 2 aromatic carbocycles. The number of nitrogens with one attached hydrogen (secondary N) is 1. The summed E-state index contributed by atoms with van der Waals surface area (Å²) in [7, 11) is 0. The van der Waals surface area contributed by atoms with Crippen LogP contribution >= 0.6 is 0 Å². The molecule has 0 radical (unpaired) electrons. The van der Waals surface area contributed by atoms with E-state index in [4.69, 9.17) is 4.74 Å². The number of H-pyrrole nitrogens is 1. The Hall–Kier alpha value is -3.94. The van der Waals surface area contributed by atoms with E-state index in [-0.39, 0.29) is 12.5 Å². The molecule has 1 aliphatic rings. The Balaban J connectivity index is 1.37. The Morgan fingerprint density at radius 3 is 2.82 bits per heavy atom. The van der Waals surface area contributed by atoms with Gasteiger partial charge in [0, 0.05) is 36.3 Å². The Morgan fingerprint density at radius 1 is 1.15 bits per heavy atom. The van der Waals surface area contributed by atoms with Crippen molar-refractivity contribution in [2.45, 2.75) is 39.3 Å². The predicted octanol–water partition coefficient (Wildman–Crippen LogP) is 3.77. The maximum absolute atomic E-state index is 13.3.